The van der Waals surface area contributed by atoms with Crippen molar-refractivity contribution in [3.63, 3.8) is 0 Å². The molecule has 2 rings (SSSR count). The lowest BCUT2D eigenvalue weighted by Gasteiger charge is -2.08. The number of aliphatic imine (C=N–C) groups is 1. The lowest BCUT2D eigenvalue weighted by molar-refractivity contribution is -0.113. The van der Waals surface area contributed by atoms with Crippen LogP contribution < -0.4 is 5.32 Å². The van der Waals surface area contributed by atoms with Gasteiger partial charge in [-0.3, -0.25) is 4.79 Å². The Labute approximate surface area is 96.9 Å². The van der Waals surface area contributed by atoms with E-state index < -0.39 is 0 Å². The molecule has 5 heteroatoms. The quantitative estimate of drug-likeness (QED) is 0.818. The summed E-state index contributed by atoms with van der Waals surface area (Å²) in [5.41, 5.74) is 1.78. The van der Waals surface area contributed by atoms with Crippen molar-refractivity contribution < 1.29 is 4.79 Å². The highest BCUT2D eigenvalue weighted by Crippen LogP contribution is 2.26. The van der Waals surface area contributed by atoms with Crippen molar-refractivity contribution >= 4 is 40.1 Å². The van der Waals surface area contributed by atoms with Crippen molar-refractivity contribution in [1.82, 2.24) is 0 Å². The molecule has 1 aliphatic heterocycles. The second-order valence-corrected chi connectivity index (χ2v) is 4.17. The van der Waals surface area contributed by atoms with Crippen molar-refractivity contribution in [2.24, 2.45) is 4.99 Å². The molecule has 76 valence electrons. The molecule has 0 saturated heterocycles. The van der Waals surface area contributed by atoms with Gasteiger partial charge in [0, 0.05) is 10.7 Å². The van der Waals surface area contributed by atoms with Crippen LogP contribution in [0.5, 0.6) is 0 Å². The molecule has 0 saturated carbocycles. The molecule has 0 fully saturated rings. The van der Waals surface area contributed by atoms with Crippen LogP contribution in [0.1, 0.15) is 5.56 Å². The fourth-order valence-corrected chi connectivity index (χ4v) is 1.84. The first-order chi connectivity index (χ1) is 7.16. The van der Waals surface area contributed by atoms with E-state index in [0.717, 1.165) is 23.0 Å². The molecular weight excluding hydrogens is 232 g/mol. The number of halogens is 1. The number of nitrogens with zero attached hydrogens (tertiary/aromatic N) is 1. The third-order valence-electron chi connectivity index (χ3n) is 1.95. The van der Waals surface area contributed by atoms with Crippen LogP contribution in [0.3, 0.4) is 0 Å². The van der Waals surface area contributed by atoms with Crippen LogP contribution in [0, 0.1) is 12.7 Å². The summed E-state index contributed by atoms with van der Waals surface area (Å²) in [6, 6.07) is 5.54. The van der Waals surface area contributed by atoms with Crippen molar-refractivity contribution in [2.75, 3.05) is 5.32 Å². The van der Waals surface area contributed by atoms with Crippen LogP contribution >= 0.6 is 23.4 Å². The Morgan fingerprint density at radius 2 is 2.33 bits per heavy atom. The summed E-state index contributed by atoms with van der Waals surface area (Å²) in [6.07, 6.45) is 0. The van der Waals surface area contributed by atoms with Crippen molar-refractivity contribution in [3.05, 3.63) is 34.5 Å². The van der Waals surface area contributed by atoms with Crippen LogP contribution in [0.4, 0.5) is 5.69 Å². The molecule has 0 aromatic heterocycles. The Balaban J connectivity index is 2.21. The average Bonchev–Trinajstić information content (AvgIpc) is 2.59. The highest BCUT2D eigenvalue weighted by molar-refractivity contribution is 8.17. The first-order valence-electron chi connectivity index (χ1n) is 4.24. The highest BCUT2D eigenvalue weighted by Gasteiger charge is 2.16. The monoisotopic (exact) mass is 238 g/mol. The maximum Gasteiger partial charge on any atom is 0.268 e. The van der Waals surface area contributed by atoms with Crippen molar-refractivity contribution in [3.8, 4) is 0 Å². The van der Waals surface area contributed by atoms with Crippen LogP contribution in [-0.2, 0) is 4.79 Å². The summed E-state index contributed by atoms with van der Waals surface area (Å²) in [7, 11) is 0. The van der Waals surface area contributed by atoms with Gasteiger partial charge in [0.25, 0.3) is 5.91 Å². The van der Waals surface area contributed by atoms with Crippen LogP contribution in [-0.4, -0.2) is 11.1 Å². The van der Waals surface area contributed by atoms with E-state index in [9.17, 15) is 4.79 Å². The van der Waals surface area contributed by atoms with Crippen molar-refractivity contribution in [1.29, 1.82) is 0 Å². The Morgan fingerprint density at radius 1 is 1.53 bits per heavy atom. The normalized spacial score (nSPS) is 15.3. The van der Waals surface area contributed by atoms with E-state index in [1.165, 1.54) is 0 Å². The SMILES string of the molecule is Cc1c(Cl)cccc1NC1=NC(=O)[C]S1. The highest BCUT2D eigenvalue weighted by atomic mass is 35.5. The summed E-state index contributed by atoms with van der Waals surface area (Å²) in [6.45, 7) is 1.90. The Bertz CT molecular complexity index is 445. The van der Waals surface area contributed by atoms with E-state index in [0.29, 0.717) is 10.2 Å². The van der Waals surface area contributed by atoms with Gasteiger partial charge in [0.15, 0.2) is 10.9 Å². The van der Waals surface area contributed by atoms with Gasteiger partial charge in [-0.05, 0) is 24.6 Å². The number of carbonyl (C=O) groups excluding carboxylic acids is 1. The topological polar surface area (TPSA) is 41.5 Å². The molecule has 1 aromatic rings. The van der Waals surface area contributed by atoms with Crippen LogP contribution in [0.2, 0.25) is 5.02 Å². The third kappa shape index (κ3) is 2.33. The second-order valence-electron chi connectivity index (χ2n) is 2.96. The molecular formula is C10H7ClN2OS. The predicted molar refractivity (Wildman–Crippen MR) is 63.1 cm³/mol. The molecule has 0 atom stereocenters. The minimum Gasteiger partial charge on any atom is -0.334 e. The van der Waals surface area contributed by atoms with E-state index in [1.807, 2.05) is 25.1 Å². The lowest BCUT2D eigenvalue weighted by atomic mass is 10.2. The zero-order chi connectivity index (χ0) is 10.8. The zero-order valence-electron chi connectivity index (χ0n) is 7.87. The van der Waals surface area contributed by atoms with Gasteiger partial charge in [0.05, 0.1) is 0 Å². The van der Waals surface area contributed by atoms with Gasteiger partial charge in [-0.15, -0.1) is 0 Å². The Kier molecular flexibility index (Phi) is 2.98. The number of carbonyl (C=O) groups is 1. The van der Waals surface area contributed by atoms with E-state index in [2.05, 4.69) is 16.1 Å². The van der Waals surface area contributed by atoms with Gasteiger partial charge in [-0.1, -0.05) is 29.4 Å². The van der Waals surface area contributed by atoms with Crippen LogP contribution in [0.25, 0.3) is 0 Å². The minimum absolute atomic E-state index is 0.345. The fraction of sp³-hybridized carbons (Fsp3) is 0.100. The van der Waals surface area contributed by atoms with E-state index in [1.54, 1.807) is 0 Å². The summed E-state index contributed by atoms with van der Waals surface area (Å²) in [5.74, 6) is 2.16. The average molecular weight is 239 g/mol. The van der Waals surface area contributed by atoms with E-state index in [4.69, 9.17) is 11.6 Å². The lowest BCUT2D eigenvalue weighted by Crippen LogP contribution is -2.06. The molecule has 2 radical (unpaired) electrons. The summed E-state index contributed by atoms with van der Waals surface area (Å²) in [5, 5.41) is 4.24. The molecule has 15 heavy (non-hydrogen) atoms. The van der Waals surface area contributed by atoms with Gasteiger partial charge < -0.3 is 5.32 Å². The number of benzene rings is 1. The zero-order valence-corrected chi connectivity index (χ0v) is 9.45. The number of nitrogens with one attached hydrogen (secondary N) is 1. The maximum atomic E-state index is 10.8. The molecule has 1 heterocycles. The predicted octanol–water partition coefficient (Wildman–Crippen LogP) is 2.73. The summed E-state index contributed by atoms with van der Waals surface area (Å²) < 4.78 is 0. The van der Waals surface area contributed by atoms with Gasteiger partial charge in [-0.2, -0.15) is 4.99 Å². The smallest absolute Gasteiger partial charge is 0.268 e. The fourth-order valence-electron chi connectivity index (χ4n) is 1.14. The van der Waals surface area contributed by atoms with E-state index >= 15 is 0 Å². The van der Waals surface area contributed by atoms with Gasteiger partial charge in [0.2, 0.25) is 0 Å². The van der Waals surface area contributed by atoms with Gasteiger partial charge in [0.1, 0.15) is 0 Å². The summed E-state index contributed by atoms with van der Waals surface area (Å²) in [4.78, 5) is 14.5. The number of thioether (sulfide) groups is 1. The molecule has 1 amide bonds. The molecule has 1 aromatic carbocycles. The molecule has 0 unspecified atom stereocenters. The maximum absolute atomic E-state index is 10.8. The standard InChI is InChI=1S/C10H7ClN2OS/c1-6-7(11)3-2-4-8(6)12-10-13-9(14)5-15-10/h2-4H,1H3,(H,12,13,14). The molecule has 3 nitrogen and oxygen atoms in total. The number of amidine groups is 1. The van der Waals surface area contributed by atoms with Crippen molar-refractivity contribution in [2.45, 2.75) is 6.92 Å². The third-order valence-corrected chi connectivity index (χ3v) is 3.02. The number of amides is 1. The molecule has 0 spiro atoms. The van der Waals surface area contributed by atoms with Gasteiger partial charge >= 0.3 is 0 Å². The first kappa shape index (κ1) is 10.5. The number of hydrogen-bond acceptors (Lipinski definition) is 3. The van der Waals surface area contributed by atoms with Gasteiger partial charge in [-0.25, -0.2) is 0 Å². The second kappa shape index (κ2) is 4.24. The summed E-state index contributed by atoms with van der Waals surface area (Å²) >= 11 is 7.11. The largest absolute Gasteiger partial charge is 0.334 e. The molecule has 1 N–H and O–H groups in total. The first-order valence-corrected chi connectivity index (χ1v) is 5.44. The van der Waals surface area contributed by atoms with E-state index in [-0.39, 0.29) is 5.91 Å². The minimum atomic E-state index is -0.345. The Morgan fingerprint density at radius 3 is 3.00 bits per heavy atom. The number of anilines is 1. The Hall–Kier alpha value is -1.000. The number of hydrogen-bond donors (Lipinski definition) is 1. The molecule has 0 bridgehead atoms. The van der Waals surface area contributed by atoms with Crippen LogP contribution in [0.15, 0.2) is 23.2 Å². The molecule has 0 aliphatic carbocycles. The number of rotatable bonds is 1. The molecule has 1 aliphatic rings.